The molecule has 0 atom stereocenters. The zero-order chi connectivity index (χ0) is 51.2. The molecule has 0 saturated carbocycles. The van der Waals surface area contributed by atoms with Crippen molar-refractivity contribution < 1.29 is 0 Å². The molecule has 0 bridgehead atoms. The average Bonchev–Trinajstić information content (AvgIpc) is 3.90. The number of fused-ring (bicyclic) bond motifs is 9. The minimum atomic E-state index is -0.247. The molecule has 77 heavy (non-hydrogen) atoms. The van der Waals surface area contributed by atoms with Gasteiger partial charge in [0.2, 0.25) is 0 Å². The van der Waals surface area contributed by atoms with E-state index in [0.717, 1.165) is 44.9 Å². The van der Waals surface area contributed by atoms with E-state index in [4.69, 9.17) is 0 Å². The molecule has 0 radical (unpaired) electrons. The highest BCUT2D eigenvalue weighted by atomic mass is 15.2. The van der Waals surface area contributed by atoms with Crippen LogP contribution in [0.4, 0.5) is 34.1 Å². The van der Waals surface area contributed by atoms with Crippen LogP contribution in [0.1, 0.15) is 25.0 Å². The third kappa shape index (κ3) is 7.40. The predicted octanol–water partition coefficient (Wildman–Crippen LogP) is 21.2. The van der Waals surface area contributed by atoms with Gasteiger partial charge in [-0.3, -0.25) is 0 Å². The van der Waals surface area contributed by atoms with Crippen LogP contribution in [0.25, 0.3) is 98.0 Å². The zero-order valence-corrected chi connectivity index (χ0v) is 43.0. The van der Waals surface area contributed by atoms with E-state index in [0.29, 0.717) is 0 Å². The van der Waals surface area contributed by atoms with Crippen molar-refractivity contribution in [3.63, 3.8) is 0 Å². The second-order valence-electron chi connectivity index (χ2n) is 21.3. The molecule has 0 amide bonds. The molecular formula is C75H52N2. The van der Waals surface area contributed by atoms with Gasteiger partial charge in [0, 0.05) is 49.7 Å². The van der Waals surface area contributed by atoms with E-state index in [1.807, 2.05) is 0 Å². The van der Waals surface area contributed by atoms with Gasteiger partial charge in [0.05, 0.1) is 11.4 Å². The van der Waals surface area contributed by atoms with E-state index in [2.05, 4.69) is 303 Å². The monoisotopic (exact) mass is 980 g/mol. The Morgan fingerprint density at radius 3 is 1.08 bits per heavy atom. The molecule has 0 fully saturated rings. The normalized spacial score (nSPS) is 12.6. The summed E-state index contributed by atoms with van der Waals surface area (Å²) < 4.78 is 0. The third-order valence-electron chi connectivity index (χ3n) is 16.5. The van der Waals surface area contributed by atoms with Gasteiger partial charge in [-0.1, -0.05) is 208 Å². The van der Waals surface area contributed by atoms with Gasteiger partial charge in [-0.25, -0.2) is 0 Å². The molecule has 14 aromatic rings. The van der Waals surface area contributed by atoms with Gasteiger partial charge in [-0.15, -0.1) is 0 Å². The Bertz CT molecular complexity index is 4630. The number of hydrogen-bond acceptors (Lipinski definition) is 2. The van der Waals surface area contributed by atoms with Gasteiger partial charge in [0.25, 0.3) is 0 Å². The molecule has 0 saturated heterocycles. The molecule has 0 N–H and O–H groups in total. The van der Waals surface area contributed by atoms with Crippen LogP contribution in [-0.2, 0) is 5.41 Å². The zero-order valence-electron chi connectivity index (χ0n) is 43.0. The molecule has 14 aromatic carbocycles. The third-order valence-corrected chi connectivity index (χ3v) is 16.5. The topological polar surface area (TPSA) is 6.48 Å². The maximum atomic E-state index is 2.55. The molecule has 1 aliphatic carbocycles. The summed E-state index contributed by atoms with van der Waals surface area (Å²) in [6.07, 6.45) is 0. The molecule has 0 spiro atoms. The van der Waals surface area contributed by atoms with E-state index in [-0.39, 0.29) is 5.41 Å². The Labute approximate surface area is 449 Å². The Morgan fingerprint density at radius 2 is 0.597 bits per heavy atom. The summed E-state index contributed by atoms with van der Waals surface area (Å²) in [4.78, 5) is 5.08. The summed E-state index contributed by atoms with van der Waals surface area (Å²) in [7, 11) is 0. The number of rotatable bonds is 8. The lowest BCUT2D eigenvalue weighted by molar-refractivity contribution is 0.661. The fourth-order valence-corrected chi connectivity index (χ4v) is 12.6. The largest absolute Gasteiger partial charge is 0.309 e. The fourth-order valence-electron chi connectivity index (χ4n) is 12.6. The van der Waals surface area contributed by atoms with Gasteiger partial charge in [0.15, 0.2) is 0 Å². The van der Waals surface area contributed by atoms with Gasteiger partial charge >= 0.3 is 0 Å². The molecule has 0 unspecified atom stereocenters. The van der Waals surface area contributed by atoms with Crippen LogP contribution < -0.4 is 9.80 Å². The highest BCUT2D eigenvalue weighted by Gasteiger charge is 2.37. The van der Waals surface area contributed by atoms with Crippen molar-refractivity contribution >= 4 is 98.8 Å². The van der Waals surface area contributed by atoms with Gasteiger partial charge in [0.1, 0.15) is 0 Å². The van der Waals surface area contributed by atoms with Crippen molar-refractivity contribution in [2.45, 2.75) is 19.3 Å². The first-order valence-electron chi connectivity index (χ1n) is 26.8. The summed E-state index contributed by atoms with van der Waals surface area (Å²) in [5.41, 5.74) is 16.4. The Hall–Kier alpha value is -9.76. The van der Waals surface area contributed by atoms with Crippen molar-refractivity contribution in [2.24, 2.45) is 0 Å². The number of hydrogen-bond donors (Lipinski definition) is 0. The first-order valence-corrected chi connectivity index (χ1v) is 26.8. The second kappa shape index (κ2) is 17.7. The van der Waals surface area contributed by atoms with Crippen LogP contribution in [0.5, 0.6) is 0 Å². The summed E-state index contributed by atoms with van der Waals surface area (Å²) >= 11 is 0. The molecule has 2 heteroatoms. The van der Waals surface area contributed by atoms with Crippen LogP contribution in [0.2, 0.25) is 0 Å². The van der Waals surface area contributed by atoms with Crippen LogP contribution >= 0.6 is 0 Å². The Kier molecular flexibility index (Phi) is 10.3. The number of nitrogens with zero attached hydrogens (tertiary/aromatic N) is 2. The van der Waals surface area contributed by atoms with Gasteiger partial charge in [-0.2, -0.15) is 0 Å². The molecular weight excluding hydrogens is 929 g/mol. The van der Waals surface area contributed by atoms with Crippen LogP contribution in [0, 0.1) is 0 Å². The average molecular weight is 981 g/mol. The van der Waals surface area contributed by atoms with Crippen molar-refractivity contribution in [3.8, 4) is 33.4 Å². The lowest BCUT2D eigenvalue weighted by Gasteiger charge is -2.34. The molecule has 1 aliphatic rings. The lowest BCUT2D eigenvalue weighted by atomic mass is 9.81. The molecule has 362 valence electrons. The highest BCUT2D eigenvalue weighted by Crippen LogP contribution is 2.57. The molecule has 0 aromatic heterocycles. The SMILES string of the molecule is CC1(C)c2ccccc2-c2cc3c(N(c4ccc(-c5ccccc5)cc4)c4ccc5cc6ccccc6cc5c4)c4ccccc4c(N(c4ccc(-c5ccccc5)cc4)c4ccc5cc6ccccc6cc5c4)c3cc21. The lowest BCUT2D eigenvalue weighted by Crippen LogP contribution is -2.17. The van der Waals surface area contributed by atoms with Crippen LogP contribution in [0.15, 0.2) is 279 Å². The number of benzene rings is 14. The molecule has 15 rings (SSSR count). The Balaban J connectivity index is 1.06. The van der Waals surface area contributed by atoms with Crippen molar-refractivity contribution in [3.05, 3.63) is 290 Å². The van der Waals surface area contributed by atoms with Crippen molar-refractivity contribution in [2.75, 3.05) is 9.80 Å². The predicted molar refractivity (Wildman–Crippen MR) is 329 cm³/mol. The van der Waals surface area contributed by atoms with Gasteiger partial charge in [-0.05, 0) is 173 Å². The quantitative estimate of drug-likeness (QED) is 0.111. The first kappa shape index (κ1) is 44.7. The van der Waals surface area contributed by atoms with Crippen LogP contribution in [0.3, 0.4) is 0 Å². The summed E-state index contributed by atoms with van der Waals surface area (Å²) in [6, 6.07) is 104. The molecule has 2 nitrogen and oxygen atoms in total. The van der Waals surface area contributed by atoms with E-state index >= 15 is 0 Å². The Morgan fingerprint density at radius 1 is 0.234 bits per heavy atom. The smallest absolute Gasteiger partial charge is 0.0620 e. The first-order chi connectivity index (χ1) is 37.9. The fraction of sp³-hybridized carbons (Fsp3) is 0.0400. The highest BCUT2D eigenvalue weighted by molar-refractivity contribution is 6.25. The van der Waals surface area contributed by atoms with E-state index in [9.17, 15) is 0 Å². The molecule has 0 aliphatic heterocycles. The molecule has 0 heterocycles. The summed E-state index contributed by atoms with van der Waals surface area (Å²) in [5, 5.41) is 14.4. The maximum Gasteiger partial charge on any atom is 0.0620 e. The summed E-state index contributed by atoms with van der Waals surface area (Å²) in [6.45, 7) is 4.80. The van der Waals surface area contributed by atoms with Gasteiger partial charge < -0.3 is 9.80 Å². The van der Waals surface area contributed by atoms with E-state index in [1.54, 1.807) is 0 Å². The minimum Gasteiger partial charge on any atom is -0.309 e. The maximum absolute atomic E-state index is 2.55. The van der Waals surface area contributed by atoms with Crippen molar-refractivity contribution in [1.82, 2.24) is 0 Å². The minimum absolute atomic E-state index is 0.247. The number of anilines is 6. The van der Waals surface area contributed by atoms with Crippen LogP contribution in [-0.4, -0.2) is 0 Å². The van der Waals surface area contributed by atoms with E-state index in [1.165, 1.54) is 98.4 Å². The second-order valence-corrected chi connectivity index (χ2v) is 21.3. The standard InChI is InChI=1S/C75H52N2/c1-75(2)71-28-16-15-25-65(71)68-47-69-70(48-72(68)75)74(77(62-37-31-52(32-38-62)50-19-7-4-8-20-50)64-40-34-58-42-54-22-10-12-24-56(54)44-60(58)46-64)67-27-14-13-26-66(67)73(69)76(61-35-29-51(30-36-61)49-17-5-3-6-18-49)63-39-33-57-41-53-21-9-11-23-55(53)43-59(57)45-63/h3-48H,1-2H3. The summed E-state index contributed by atoms with van der Waals surface area (Å²) in [5.74, 6) is 0. The van der Waals surface area contributed by atoms with E-state index < -0.39 is 0 Å². The van der Waals surface area contributed by atoms with Crippen molar-refractivity contribution in [1.29, 1.82) is 0 Å².